The lowest BCUT2D eigenvalue weighted by molar-refractivity contribution is -0.127. The number of piperidine rings is 2. The summed E-state index contributed by atoms with van der Waals surface area (Å²) in [5.41, 5.74) is 0. The second-order valence-corrected chi connectivity index (χ2v) is 5.35. The highest BCUT2D eigenvalue weighted by Gasteiger charge is 2.19. The summed E-state index contributed by atoms with van der Waals surface area (Å²) in [7, 11) is 0. The fraction of sp³-hybridized carbons (Fsp3) is 0.800. The van der Waals surface area contributed by atoms with Crippen molar-refractivity contribution in [1.29, 1.82) is 0 Å². The first-order valence-corrected chi connectivity index (χ1v) is 7.69. The molecule has 2 saturated heterocycles. The van der Waals surface area contributed by atoms with E-state index in [2.05, 4.69) is 4.90 Å². The smallest absolute Gasteiger partial charge is 0.251 e. The summed E-state index contributed by atoms with van der Waals surface area (Å²) < 4.78 is 5.68. The molecule has 4 nitrogen and oxygen atoms in total. The van der Waals surface area contributed by atoms with E-state index in [1.165, 1.54) is 25.7 Å². The Labute approximate surface area is 116 Å². The van der Waals surface area contributed by atoms with Gasteiger partial charge in [-0.05, 0) is 45.4 Å². The van der Waals surface area contributed by atoms with E-state index in [1.54, 1.807) is 6.08 Å². The van der Waals surface area contributed by atoms with E-state index in [1.807, 2.05) is 11.8 Å². The summed E-state index contributed by atoms with van der Waals surface area (Å²) in [5.74, 6) is 0.895. The number of hydrogen-bond donors (Lipinski definition) is 0. The van der Waals surface area contributed by atoms with Crippen molar-refractivity contribution >= 4 is 5.91 Å². The summed E-state index contributed by atoms with van der Waals surface area (Å²) >= 11 is 0. The molecule has 0 N–H and O–H groups in total. The molecule has 0 aromatic carbocycles. The number of likely N-dealkylation sites (tertiary alicyclic amines) is 2. The van der Waals surface area contributed by atoms with E-state index in [4.69, 9.17) is 4.74 Å². The van der Waals surface area contributed by atoms with E-state index >= 15 is 0 Å². The van der Waals surface area contributed by atoms with Gasteiger partial charge in [-0.3, -0.25) is 4.79 Å². The van der Waals surface area contributed by atoms with Crippen molar-refractivity contribution in [1.82, 2.24) is 9.80 Å². The Morgan fingerprint density at radius 3 is 2.00 bits per heavy atom. The Morgan fingerprint density at radius 2 is 1.47 bits per heavy atom. The van der Waals surface area contributed by atoms with Gasteiger partial charge in [0.15, 0.2) is 5.88 Å². The quantitative estimate of drug-likeness (QED) is 0.578. The van der Waals surface area contributed by atoms with Crippen LogP contribution in [0.4, 0.5) is 0 Å². The predicted molar refractivity (Wildman–Crippen MR) is 75.6 cm³/mol. The molecule has 0 saturated carbocycles. The zero-order valence-corrected chi connectivity index (χ0v) is 12.1. The minimum atomic E-state index is 0.119. The monoisotopic (exact) mass is 266 g/mol. The highest BCUT2D eigenvalue weighted by Crippen LogP contribution is 2.17. The van der Waals surface area contributed by atoms with Crippen LogP contribution in [0.15, 0.2) is 12.0 Å². The van der Waals surface area contributed by atoms with Gasteiger partial charge in [-0.1, -0.05) is 0 Å². The van der Waals surface area contributed by atoms with Gasteiger partial charge in [-0.2, -0.15) is 0 Å². The van der Waals surface area contributed by atoms with Crippen LogP contribution in [0.5, 0.6) is 0 Å². The molecular formula is C15H26N2O2. The van der Waals surface area contributed by atoms with Gasteiger partial charge >= 0.3 is 0 Å². The number of carbonyl (C=O) groups is 1. The lowest BCUT2D eigenvalue weighted by Gasteiger charge is -2.31. The number of nitrogens with zero attached hydrogens (tertiary/aromatic N) is 2. The third-order valence-corrected chi connectivity index (χ3v) is 3.87. The van der Waals surface area contributed by atoms with Gasteiger partial charge in [0, 0.05) is 26.2 Å². The van der Waals surface area contributed by atoms with Crippen LogP contribution in [-0.2, 0) is 9.53 Å². The van der Waals surface area contributed by atoms with E-state index in [9.17, 15) is 4.79 Å². The van der Waals surface area contributed by atoms with Crippen LogP contribution in [0.25, 0.3) is 0 Å². The van der Waals surface area contributed by atoms with Crippen LogP contribution < -0.4 is 0 Å². The lowest BCUT2D eigenvalue weighted by atomic mass is 10.1. The van der Waals surface area contributed by atoms with Gasteiger partial charge in [-0.15, -0.1) is 0 Å². The van der Waals surface area contributed by atoms with Crippen LogP contribution >= 0.6 is 0 Å². The van der Waals surface area contributed by atoms with E-state index in [0.717, 1.165) is 44.9 Å². The van der Waals surface area contributed by atoms with Crippen molar-refractivity contribution in [3.63, 3.8) is 0 Å². The maximum Gasteiger partial charge on any atom is 0.251 e. The minimum absolute atomic E-state index is 0.119. The maximum absolute atomic E-state index is 12.3. The molecule has 0 radical (unpaired) electrons. The van der Waals surface area contributed by atoms with Crippen molar-refractivity contribution in [2.45, 2.75) is 45.4 Å². The average molecular weight is 266 g/mol. The molecule has 4 heteroatoms. The van der Waals surface area contributed by atoms with Crippen LogP contribution in [0.1, 0.15) is 45.4 Å². The normalized spacial score (nSPS) is 21.4. The molecule has 2 heterocycles. The molecule has 0 aromatic heterocycles. The van der Waals surface area contributed by atoms with E-state index < -0.39 is 0 Å². The molecule has 2 aliphatic heterocycles. The molecule has 19 heavy (non-hydrogen) atoms. The van der Waals surface area contributed by atoms with E-state index in [-0.39, 0.29) is 5.91 Å². The molecule has 1 amide bonds. The highest BCUT2D eigenvalue weighted by molar-refractivity contribution is 5.88. The summed E-state index contributed by atoms with van der Waals surface area (Å²) in [6, 6.07) is 0. The SMILES string of the molecule is CCOC(=CC(=O)N1CCCCC1)N1CCCCC1. The Morgan fingerprint density at radius 1 is 0.947 bits per heavy atom. The summed E-state index contributed by atoms with van der Waals surface area (Å²) in [6.45, 7) is 6.42. The summed E-state index contributed by atoms with van der Waals surface area (Å²) in [4.78, 5) is 16.4. The molecule has 0 spiro atoms. The topological polar surface area (TPSA) is 32.8 Å². The van der Waals surface area contributed by atoms with Crippen molar-refractivity contribution in [3.05, 3.63) is 12.0 Å². The van der Waals surface area contributed by atoms with Gasteiger partial charge in [0.05, 0.1) is 12.7 Å². The van der Waals surface area contributed by atoms with Crippen LogP contribution in [0.2, 0.25) is 0 Å². The summed E-state index contributed by atoms with van der Waals surface area (Å²) in [6.07, 6.45) is 8.90. The van der Waals surface area contributed by atoms with Crippen molar-refractivity contribution in [2.24, 2.45) is 0 Å². The molecule has 108 valence electrons. The molecule has 2 fully saturated rings. The van der Waals surface area contributed by atoms with Gasteiger partial charge in [0.1, 0.15) is 0 Å². The third-order valence-electron chi connectivity index (χ3n) is 3.87. The second kappa shape index (κ2) is 7.41. The zero-order chi connectivity index (χ0) is 13.5. The first kappa shape index (κ1) is 14.2. The van der Waals surface area contributed by atoms with Crippen LogP contribution in [0, 0.1) is 0 Å². The fourth-order valence-electron chi connectivity index (χ4n) is 2.80. The second-order valence-electron chi connectivity index (χ2n) is 5.35. The molecule has 0 unspecified atom stereocenters. The summed E-state index contributed by atoms with van der Waals surface area (Å²) in [5, 5.41) is 0. The Hall–Kier alpha value is -1.19. The largest absolute Gasteiger partial charge is 0.479 e. The zero-order valence-electron chi connectivity index (χ0n) is 12.1. The molecule has 0 bridgehead atoms. The van der Waals surface area contributed by atoms with Gasteiger partial charge in [-0.25, -0.2) is 0 Å². The van der Waals surface area contributed by atoms with Crippen molar-refractivity contribution in [3.8, 4) is 0 Å². The molecule has 2 rings (SSSR count). The Balaban J connectivity index is 1.99. The maximum atomic E-state index is 12.3. The first-order valence-electron chi connectivity index (χ1n) is 7.69. The number of rotatable bonds is 4. The molecular weight excluding hydrogens is 240 g/mol. The average Bonchev–Trinajstić information content (AvgIpc) is 2.48. The number of ether oxygens (including phenoxy) is 1. The van der Waals surface area contributed by atoms with Gasteiger partial charge < -0.3 is 14.5 Å². The molecule has 0 atom stereocenters. The van der Waals surface area contributed by atoms with Crippen molar-refractivity contribution in [2.75, 3.05) is 32.8 Å². The highest BCUT2D eigenvalue weighted by atomic mass is 16.5. The third kappa shape index (κ3) is 4.15. The van der Waals surface area contributed by atoms with Gasteiger partial charge in [0.2, 0.25) is 0 Å². The van der Waals surface area contributed by atoms with Gasteiger partial charge in [0.25, 0.3) is 5.91 Å². The van der Waals surface area contributed by atoms with Crippen LogP contribution in [0.3, 0.4) is 0 Å². The first-order chi connectivity index (χ1) is 9.31. The fourth-order valence-corrected chi connectivity index (χ4v) is 2.80. The molecule has 0 aromatic rings. The molecule has 2 aliphatic rings. The Kier molecular flexibility index (Phi) is 5.55. The Bertz CT molecular complexity index is 316. The standard InChI is InChI=1S/C15H26N2O2/c1-2-19-15(17-11-7-4-8-12-17)13-14(18)16-9-5-3-6-10-16/h13H,2-12H2,1H3. The van der Waals surface area contributed by atoms with Crippen LogP contribution in [-0.4, -0.2) is 48.5 Å². The van der Waals surface area contributed by atoms with Crippen molar-refractivity contribution < 1.29 is 9.53 Å². The molecule has 0 aliphatic carbocycles. The van der Waals surface area contributed by atoms with E-state index in [0.29, 0.717) is 6.61 Å². The lowest BCUT2D eigenvalue weighted by Crippen LogP contribution is -2.36. The number of hydrogen-bond acceptors (Lipinski definition) is 3. The minimum Gasteiger partial charge on any atom is -0.479 e. The number of amides is 1. The predicted octanol–water partition coefficient (Wildman–Crippen LogP) is 2.36. The number of carbonyl (C=O) groups excluding carboxylic acids is 1.